The van der Waals surface area contributed by atoms with Gasteiger partial charge in [-0.05, 0) is 25.8 Å². The van der Waals surface area contributed by atoms with Gasteiger partial charge in [0.25, 0.3) is 5.56 Å². The van der Waals surface area contributed by atoms with Gasteiger partial charge in [-0.1, -0.05) is 30.3 Å². The summed E-state index contributed by atoms with van der Waals surface area (Å²) in [7, 11) is 2.98. The molecule has 1 amide bonds. The van der Waals surface area contributed by atoms with E-state index in [9.17, 15) is 19.2 Å². The molecular weight excluding hydrogens is 426 g/mol. The van der Waals surface area contributed by atoms with E-state index in [1.165, 1.54) is 17.9 Å². The Hall–Kier alpha value is -3.69. The molecule has 2 heterocycles. The summed E-state index contributed by atoms with van der Waals surface area (Å²) in [6.07, 6.45) is 1.93. The standard InChI is InChI=1S/C23H29N5O5/c1-15(2)33-19(30)13-17(16-9-6-5-7-10-16)25-18(29)11-8-12-28-14-24-21-20(28)22(31)27(4)23(32)26(21)3/h5-7,9-10,14-15,17H,8,11-13H2,1-4H3,(H,25,29). The van der Waals surface area contributed by atoms with Gasteiger partial charge in [-0.3, -0.25) is 23.5 Å². The van der Waals surface area contributed by atoms with Crippen LogP contribution in [0.5, 0.6) is 0 Å². The van der Waals surface area contributed by atoms with E-state index in [2.05, 4.69) is 10.3 Å². The van der Waals surface area contributed by atoms with E-state index in [1.807, 2.05) is 30.3 Å². The Morgan fingerprint density at radius 2 is 1.79 bits per heavy atom. The third-order valence-corrected chi connectivity index (χ3v) is 5.30. The topological polar surface area (TPSA) is 117 Å². The van der Waals surface area contributed by atoms with Crippen molar-refractivity contribution in [1.29, 1.82) is 0 Å². The van der Waals surface area contributed by atoms with Gasteiger partial charge in [0.1, 0.15) is 0 Å². The lowest BCUT2D eigenvalue weighted by Crippen LogP contribution is -2.37. The van der Waals surface area contributed by atoms with Crippen LogP contribution in [0.1, 0.15) is 44.7 Å². The molecule has 0 saturated heterocycles. The number of nitrogens with one attached hydrogen (secondary N) is 1. The minimum atomic E-state index is -0.499. The molecule has 2 aromatic heterocycles. The first-order valence-electron chi connectivity index (χ1n) is 10.8. The highest BCUT2D eigenvalue weighted by atomic mass is 16.5. The lowest BCUT2D eigenvalue weighted by molar-refractivity contribution is -0.148. The van der Waals surface area contributed by atoms with Crippen LogP contribution in [-0.4, -0.2) is 36.7 Å². The summed E-state index contributed by atoms with van der Waals surface area (Å²) in [6.45, 7) is 3.93. The van der Waals surface area contributed by atoms with E-state index in [-0.39, 0.29) is 30.8 Å². The molecular formula is C23H29N5O5. The molecule has 0 spiro atoms. The van der Waals surface area contributed by atoms with Crippen LogP contribution in [0.3, 0.4) is 0 Å². The highest BCUT2D eigenvalue weighted by Crippen LogP contribution is 2.18. The monoisotopic (exact) mass is 455 g/mol. The smallest absolute Gasteiger partial charge is 0.332 e. The van der Waals surface area contributed by atoms with Crippen LogP contribution < -0.4 is 16.6 Å². The first-order valence-corrected chi connectivity index (χ1v) is 10.8. The van der Waals surface area contributed by atoms with E-state index in [4.69, 9.17) is 4.74 Å². The molecule has 10 nitrogen and oxygen atoms in total. The molecule has 33 heavy (non-hydrogen) atoms. The summed E-state index contributed by atoms with van der Waals surface area (Å²) in [5.41, 5.74) is 0.568. The van der Waals surface area contributed by atoms with Crippen molar-refractivity contribution in [3.63, 3.8) is 0 Å². The van der Waals surface area contributed by atoms with Crippen molar-refractivity contribution in [3.8, 4) is 0 Å². The zero-order chi connectivity index (χ0) is 24.1. The number of rotatable bonds is 9. The average molecular weight is 456 g/mol. The number of hydrogen-bond acceptors (Lipinski definition) is 6. The predicted molar refractivity (Wildman–Crippen MR) is 123 cm³/mol. The Kier molecular flexibility index (Phi) is 7.47. The maximum atomic E-state index is 12.6. The molecule has 1 N–H and O–H groups in total. The third-order valence-electron chi connectivity index (χ3n) is 5.30. The number of aromatic nitrogens is 4. The Bertz CT molecular complexity index is 1260. The highest BCUT2D eigenvalue weighted by Gasteiger charge is 2.20. The van der Waals surface area contributed by atoms with Crippen molar-refractivity contribution in [2.24, 2.45) is 14.1 Å². The third kappa shape index (κ3) is 5.57. The van der Waals surface area contributed by atoms with Crippen LogP contribution in [0.25, 0.3) is 11.2 Å². The summed E-state index contributed by atoms with van der Waals surface area (Å²) >= 11 is 0. The van der Waals surface area contributed by atoms with E-state index in [1.54, 1.807) is 25.5 Å². The van der Waals surface area contributed by atoms with E-state index in [0.717, 1.165) is 10.1 Å². The number of ether oxygens (including phenoxy) is 1. The van der Waals surface area contributed by atoms with E-state index >= 15 is 0 Å². The number of imidazole rings is 1. The molecule has 0 fully saturated rings. The second kappa shape index (κ2) is 10.3. The lowest BCUT2D eigenvalue weighted by Gasteiger charge is -2.19. The summed E-state index contributed by atoms with van der Waals surface area (Å²) in [5.74, 6) is -0.601. The summed E-state index contributed by atoms with van der Waals surface area (Å²) in [4.78, 5) is 53.6. The molecule has 0 aliphatic rings. The van der Waals surface area contributed by atoms with Gasteiger partial charge in [-0.25, -0.2) is 9.78 Å². The molecule has 1 atom stereocenters. The van der Waals surface area contributed by atoms with Crippen molar-refractivity contribution < 1.29 is 14.3 Å². The van der Waals surface area contributed by atoms with Crippen molar-refractivity contribution in [3.05, 3.63) is 63.1 Å². The first kappa shape index (κ1) is 24.0. The maximum Gasteiger partial charge on any atom is 0.332 e. The van der Waals surface area contributed by atoms with Gasteiger partial charge in [0.15, 0.2) is 11.2 Å². The zero-order valence-electron chi connectivity index (χ0n) is 19.3. The molecule has 3 rings (SSSR count). The number of carbonyl (C=O) groups excluding carboxylic acids is 2. The number of amides is 1. The van der Waals surface area contributed by atoms with Gasteiger partial charge >= 0.3 is 11.7 Å². The number of nitrogens with zero attached hydrogens (tertiary/aromatic N) is 4. The summed E-state index contributed by atoms with van der Waals surface area (Å²) in [5, 5.41) is 2.92. The minimum Gasteiger partial charge on any atom is -0.463 e. The fourth-order valence-electron chi connectivity index (χ4n) is 3.66. The Morgan fingerprint density at radius 1 is 1.09 bits per heavy atom. The fraction of sp³-hybridized carbons (Fsp3) is 0.435. The minimum absolute atomic E-state index is 0.0319. The van der Waals surface area contributed by atoms with E-state index < -0.39 is 17.3 Å². The second-order valence-electron chi connectivity index (χ2n) is 8.19. The molecule has 10 heteroatoms. The zero-order valence-corrected chi connectivity index (χ0v) is 19.3. The van der Waals surface area contributed by atoms with Gasteiger partial charge in [-0.2, -0.15) is 0 Å². The summed E-state index contributed by atoms with van der Waals surface area (Å²) < 4.78 is 9.24. The molecule has 1 unspecified atom stereocenters. The van der Waals surface area contributed by atoms with Gasteiger partial charge in [0.2, 0.25) is 5.91 Å². The maximum absolute atomic E-state index is 12.6. The molecule has 176 valence electrons. The molecule has 0 aliphatic heterocycles. The fourth-order valence-corrected chi connectivity index (χ4v) is 3.66. The lowest BCUT2D eigenvalue weighted by atomic mass is 10.0. The largest absolute Gasteiger partial charge is 0.463 e. The number of hydrogen-bond donors (Lipinski definition) is 1. The molecule has 3 aromatic rings. The molecule has 0 radical (unpaired) electrons. The number of aryl methyl sites for hydroxylation is 2. The van der Waals surface area contributed by atoms with Crippen LogP contribution >= 0.6 is 0 Å². The van der Waals surface area contributed by atoms with Gasteiger partial charge in [0.05, 0.1) is 24.9 Å². The van der Waals surface area contributed by atoms with Crippen molar-refractivity contribution >= 4 is 23.0 Å². The number of benzene rings is 1. The Labute approximate surface area is 190 Å². The Balaban J connectivity index is 1.66. The van der Waals surface area contributed by atoms with Crippen LogP contribution in [0.15, 0.2) is 46.2 Å². The molecule has 0 saturated carbocycles. The highest BCUT2D eigenvalue weighted by molar-refractivity contribution is 5.78. The first-order chi connectivity index (χ1) is 15.7. The summed E-state index contributed by atoms with van der Waals surface area (Å²) in [6, 6.07) is 8.77. The van der Waals surface area contributed by atoms with Crippen LogP contribution in [0.4, 0.5) is 0 Å². The van der Waals surface area contributed by atoms with Crippen LogP contribution in [0, 0.1) is 0 Å². The molecule has 0 aliphatic carbocycles. The predicted octanol–water partition coefficient (Wildman–Crippen LogP) is 1.41. The average Bonchev–Trinajstić information content (AvgIpc) is 3.20. The van der Waals surface area contributed by atoms with Crippen molar-refractivity contribution in [2.45, 2.75) is 51.8 Å². The van der Waals surface area contributed by atoms with Gasteiger partial charge in [-0.15, -0.1) is 0 Å². The number of fused-ring (bicyclic) bond motifs is 1. The van der Waals surface area contributed by atoms with Crippen molar-refractivity contribution in [1.82, 2.24) is 24.0 Å². The SMILES string of the molecule is CC(C)OC(=O)CC(NC(=O)CCCn1cnc2c1c(=O)n(C)c(=O)n2C)c1ccccc1. The van der Waals surface area contributed by atoms with Crippen LogP contribution in [0.2, 0.25) is 0 Å². The van der Waals surface area contributed by atoms with Crippen LogP contribution in [-0.2, 0) is 35.0 Å². The molecule has 0 bridgehead atoms. The van der Waals surface area contributed by atoms with Gasteiger partial charge in [0, 0.05) is 27.1 Å². The van der Waals surface area contributed by atoms with Gasteiger partial charge < -0.3 is 14.6 Å². The quantitative estimate of drug-likeness (QED) is 0.488. The molecule has 1 aromatic carbocycles. The Morgan fingerprint density at radius 3 is 2.45 bits per heavy atom. The number of carbonyl (C=O) groups is 2. The second-order valence-corrected chi connectivity index (χ2v) is 8.19. The van der Waals surface area contributed by atoms with E-state index in [0.29, 0.717) is 24.1 Å². The van der Waals surface area contributed by atoms with Crippen molar-refractivity contribution in [2.75, 3.05) is 0 Å². The number of esters is 1. The normalized spacial score (nSPS) is 12.2.